The minimum atomic E-state index is -0.238. The van der Waals surface area contributed by atoms with E-state index in [2.05, 4.69) is 23.8 Å². The van der Waals surface area contributed by atoms with Crippen molar-refractivity contribution < 1.29 is 4.74 Å². The van der Waals surface area contributed by atoms with Gasteiger partial charge in [-0.1, -0.05) is 38.4 Å². The van der Waals surface area contributed by atoms with Gasteiger partial charge in [-0.15, -0.1) is 0 Å². The summed E-state index contributed by atoms with van der Waals surface area (Å²) >= 11 is 5.41. The number of hydrogen-bond acceptors (Lipinski definition) is 3. The van der Waals surface area contributed by atoms with E-state index in [9.17, 15) is 0 Å². The molecule has 0 aromatic carbocycles. The molecule has 3 nitrogen and oxygen atoms in total. The Kier molecular flexibility index (Phi) is 4.74. The normalized spacial score (nSPS) is 18.5. The lowest BCUT2D eigenvalue weighted by Crippen LogP contribution is -2.35. The highest BCUT2D eigenvalue weighted by Crippen LogP contribution is 2.39. The van der Waals surface area contributed by atoms with Crippen LogP contribution in [0.25, 0.3) is 0 Å². The molecule has 0 atom stereocenters. The van der Waals surface area contributed by atoms with E-state index in [0.717, 1.165) is 41.9 Å². The molecule has 1 N–H and O–H groups in total. The third-order valence-electron chi connectivity index (χ3n) is 4.12. The van der Waals surface area contributed by atoms with Gasteiger partial charge in [0.25, 0.3) is 0 Å². The number of aromatic amines is 1. The molecule has 1 aliphatic carbocycles. The molecule has 0 unspecified atom stereocenters. The monoisotopic (exact) mass is 280 g/mol. The molecular formula is C15H24N2OS. The molecule has 1 fully saturated rings. The van der Waals surface area contributed by atoms with Crippen molar-refractivity contribution in [1.29, 1.82) is 0 Å². The molecule has 0 aliphatic heterocycles. The number of nitrogens with one attached hydrogen (secondary N) is 1. The topological polar surface area (TPSA) is 37.9 Å². The molecule has 0 bridgehead atoms. The quantitative estimate of drug-likeness (QED) is 0.840. The summed E-state index contributed by atoms with van der Waals surface area (Å²) in [5, 5.41) is 0. The SMILES string of the molecule is CCOC1(c2nc(=S)c(C)c(CC)[nH]2)CCCCC1. The molecule has 0 spiro atoms. The van der Waals surface area contributed by atoms with Gasteiger partial charge in [0.15, 0.2) is 0 Å². The van der Waals surface area contributed by atoms with E-state index in [4.69, 9.17) is 17.0 Å². The molecule has 0 amide bonds. The summed E-state index contributed by atoms with van der Waals surface area (Å²) in [7, 11) is 0. The highest BCUT2D eigenvalue weighted by Gasteiger charge is 2.37. The van der Waals surface area contributed by atoms with Gasteiger partial charge in [-0.2, -0.15) is 0 Å². The molecule has 1 aromatic rings. The fourth-order valence-corrected chi connectivity index (χ4v) is 3.21. The summed E-state index contributed by atoms with van der Waals surface area (Å²) in [6.45, 7) is 6.96. The zero-order valence-electron chi connectivity index (χ0n) is 12.2. The van der Waals surface area contributed by atoms with Crippen LogP contribution >= 0.6 is 12.2 Å². The molecule has 1 aromatic heterocycles. The first kappa shape index (κ1) is 14.7. The number of rotatable bonds is 4. The highest BCUT2D eigenvalue weighted by molar-refractivity contribution is 7.71. The zero-order valence-corrected chi connectivity index (χ0v) is 13.0. The Bertz CT molecular complexity index is 484. The van der Waals surface area contributed by atoms with Gasteiger partial charge in [0.1, 0.15) is 16.1 Å². The first-order valence-corrected chi connectivity index (χ1v) is 7.78. The first-order valence-electron chi connectivity index (χ1n) is 7.37. The van der Waals surface area contributed by atoms with Crippen molar-refractivity contribution in [1.82, 2.24) is 9.97 Å². The molecule has 106 valence electrons. The summed E-state index contributed by atoms with van der Waals surface area (Å²) in [4.78, 5) is 8.13. The van der Waals surface area contributed by atoms with Crippen LogP contribution in [-0.4, -0.2) is 16.6 Å². The number of H-pyrrole nitrogens is 1. The minimum Gasteiger partial charge on any atom is -0.367 e. The maximum atomic E-state index is 6.11. The second-order valence-corrected chi connectivity index (χ2v) is 5.72. The third-order valence-corrected chi connectivity index (χ3v) is 4.52. The summed E-state index contributed by atoms with van der Waals surface area (Å²) in [5.41, 5.74) is 2.06. The van der Waals surface area contributed by atoms with Crippen molar-refractivity contribution in [2.45, 2.75) is 64.9 Å². The van der Waals surface area contributed by atoms with Crippen LogP contribution < -0.4 is 0 Å². The Morgan fingerprint density at radius 2 is 1.95 bits per heavy atom. The predicted molar refractivity (Wildman–Crippen MR) is 79.9 cm³/mol. The Balaban J connectivity index is 2.47. The summed E-state index contributed by atoms with van der Waals surface area (Å²) in [5.74, 6) is 0.946. The lowest BCUT2D eigenvalue weighted by Gasteiger charge is -2.36. The number of aryl methyl sites for hydroxylation is 1. The Hall–Kier alpha value is -0.740. The van der Waals surface area contributed by atoms with Crippen molar-refractivity contribution in [3.8, 4) is 0 Å². The van der Waals surface area contributed by atoms with Gasteiger partial charge in [0.05, 0.1) is 0 Å². The molecule has 19 heavy (non-hydrogen) atoms. The highest BCUT2D eigenvalue weighted by atomic mass is 32.1. The molecule has 0 saturated heterocycles. The van der Waals surface area contributed by atoms with E-state index >= 15 is 0 Å². The fraction of sp³-hybridized carbons (Fsp3) is 0.733. The van der Waals surface area contributed by atoms with Gasteiger partial charge >= 0.3 is 0 Å². The lowest BCUT2D eigenvalue weighted by molar-refractivity contribution is -0.0769. The van der Waals surface area contributed by atoms with Crippen molar-refractivity contribution >= 4 is 12.2 Å². The maximum absolute atomic E-state index is 6.11. The Labute approximate surface area is 120 Å². The van der Waals surface area contributed by atoms with Crippen molar-refractivity contribution in [2.75, 3.05) is 6.61 Å². The number of nitrogens with zero attached hydrogens (tertiary/aromatic N) is 1. The second-order valence-electron chi connectivity index (χ2n) is 5.34. The van der Waals surface area contributed by atoms with Crippen molar-refractivity contribution in [3.63, 3.8) is 0 Å². The van der Waals surface area contributed by atoms with Gasteiger partial charge < -0.3 is 9.72 Å². The molecule has 1 saturated carbocycles. The molecule has 4 heteroatoms. The number of aromatic nitrogens is 2. The van der Waals surface area contributed by atoms with Crippen LogP contribution in [0.5, 0.6) is 0 Å². The zero-order chi connectivity index (χ0) is 13.9. The van der Waals surface area contributed by atoms with Gasteiger partial charge in [0.2, 0.25) is 0 Å². The minimum absolute atomic E-state index is 0.238. The smallest absolute Gasteiger partial charge is 0.140 e. The Morgan fingerprint density at radius 3 is 2.53 bits per heavy atom. The summed E-state index contributed by atoms with van der Waals surface area (Å²) < 4.78 is 6.83. The van der Waals surface area contributed by atoms with E-state index in [1.165, 1.54) is 25.0 Å². The van der Waals surface area contributed by atoms with E-state index in [0.29, 0.717) is 0 Å². The molecule has 2 rings (SSSR count). The van der Waals surface area contributed by atoms with E-state index in [1.54, 1.807) is 0 Å². The van der Waals surface area contributed by atoms with Crippen LogP contribution in [0.3, 0.4) is 0 Å². The summed E-state index contributed by atoms with van der Waals surface area (Å²) in [6.07, 6.45) is 6.75. The number of hydrogen-bond donors (Lipinski definition) is 1. The maximum Gasteiger partial charge on any atom is 0.140 e. The molecule has 1 heterocycles. The van der Waals surface area contributed by atoms with Crippen LogP contribution in [0.2, 0.25) is 0 Å². The average molecular weight is 280 g/mol. The molecule has 0 radical (unpaired) electrons. The molecule has 1 aliphatic rings. The van der Waals surface area contributed by atoms with Crippen LogP contribution in [0.15, 0.2) is 0 Å². The number of ether oxygens (including phenoxy) is 1. The van der Waals surface area contributed by atoms with Gasteiger partial charge in [-0.3, -0.25) is 0 Å². The van der Waals surface area contributed by atoms with Crippen LogP contribution in [0, 0.1) is 11.6 Å². The lowest BCUT2D eigenvalue weighted by atomic mass is 9.83. The van der Waals surface area contributed by atoms with E-state index in [1.807, 2.05) is 6.92 Å². The van der Waals surface area contributed by atoms with Crippen molar-refractivity contribution in [3.05, 3.63) is 21.7 Å². The standard InChI is InChI=1S/C15H24N2OS/c1-4-12-11(3)13(19)17-14(16-12)15(18-5-2)9-7-6-8-10-15/h4-10H2,1-3H3,(H,16,17,19). The predicted octanol–water partition coefficient (Wildman–Crippen LogP) is 4.21. The van der Waals surface area contributed by atoms with Crippen LogP contribution in [0.1, 0.15) is 63.0 Å². The average Bonchev–Trinajstić information content (AvgIpc) is 2.43. The van der Waals surface area contributed by atoms with E-state index < -0.39 is 0 Å². The summed E-state index contributed by atoms with van der Waals surface area (Å²) in [6, 6.07) is 0. The second kappa shape index (κ2) is 6.14. The fourth-order valence-electron chi connectivity index (χ4n) is 3.00. The third kappa shape index (κ3) is 2.90. The van der Waals surface area contributed by atoms with Gasteiger partial charge in [-0.25, -0.2) is 4.98 Å². The first-order chi connectivity index (χ1) is 9.13. The van der Waals surface area contributed by atoms with Crippen LogP contribution in [-0.2, 0) is 16.8 Å². The van der Waals surface area contributed by atoms with Crippen LogP contribution in [0.4, 0.5) is 0 Å². The Morgan fingerprint density at radius 1 is 1.26 bits per heavy atom. The molecular weight excluding hydrogens is 256 g/mol. The van der Waals surface area contributed by atoms with Gasteiger partial charge in [-0.05, 0) is 33.1 Å². The van der Waals surface area contributed by atoms with Crippen molar-refractivity contribution in [2.24, 2.45) is 0 Å². The van der Waals surface area contributed by atoms with Gasteiger partial charge in [0, 0.05) is 17.9 Å². The largest absolute Gasteiger partial charge is 0.367 e. The van der Waals surface area contributed by atoms with E-state index in [-0.39, 0.29) is 5.60 Å².